The summed E-state index contributed by atoms with van der Waals surface area (Å²) in [5.74, 6) is 1.94. The van der Waals surface area contributed by atoms with Gasteiger partial charge in [0.2, 0.25) is 5.95 Å². The van der Waals surface area contributed by atoms with Crippen LogP contribution in [-0.4, -0.2) is 34.8 Å². The molecule has 0 fully saturated rings. The molecule has 0 aliphatic rings. The Balaban J connectivity index is 2.17. The molecule has 2 aromatic rings. The van der Waals surface area contributed by atoms with Crippen molar-refractivity contribution >= 4 is 33.3 Å². The van der Waals surface area contributed by atoms with Crippen molar-refractivity contribution in [1.29, 1.82) is 0 Å². The van der Waals surface area contributed by atoms with E-state index in [1.807, 2.05) is 18.4 Å². The summed E-state index contributed by atoms with van der Waals surface area (Å²) in [6.45, 7) is 5.97. The minimum absolute atomic E-state index is 0.225. The molecule has 0 aliphatic heterocycles. The Morgan fingerprint density at radius 2 is 2.21 bits per heavy atom. The fourth-order valence-electron chi connectivity index (χ4n) is 1.82. The van der Waals surface area contributed by atoms with E-state index in [2.05, 4.69) is 27.5 Å². The van der Waals surface area contributed by atoms with Gasteiger partial charge in [-0.1, -0.05) is 6.92 Å². The number of aliphatic hydroxyl groups is 1. The predicted molar refractivity (Wildman–Crippen MR) is 80.9 cm³/mol. The van der Waals surface area contributed by atoms with E-state index in [1.165, 1.54) is 0 Å². The zero-order chi connectivity index (χ0) is 13.7. The van der Waals surface area contributed by atoms with Crippen LogP contribution in [0.4, 0.5) is 11.8 Å². The van der Waals surface area contributed by atoms with E-state index in [0.29, 0.717) is 11.9 Å². The molecule has 0 bridgehead atoms. The van der Waals surface area contributed by atoms with Crippen molar-refractivity contribution in [2.24, 2.45) is 5.92 Å². The third-order valence-corrected chi connectivity index (χ3v) is 3.71. The highest BCUT2D eigenvalue weighted by molar-refractivity contribution is 7.16. The van der Waals surface area contributed by atoms with E-state index in [4.69, 9.17) is 5.11 Å². The van der Waals surface area contributed by atoms with E-state index in [-0.39, 0.29) is 6.61 Å². The number of fused-ring (bicyclic) bond motifs is 1. The molecule has 1 unspecified atom stereocenters. The minimum atomic E-state index is 0.225. The van der Waals surface area contributed by atoms with Gasteiger partial charge in [-0.2, -0.15) is 4.98 Å². The highest BCUT2D eigenvalue weighted by Gasteiger charge is 2.09. The molecule has 2 heterocycles. The quantitative estimate of drug-likeness (QED) is 0.727. The Hall–Kier alpha value is -1.40. The summed E-state index contributed by atoms with van der Waals surface area (Å²) in [7, 11) is 0. The Labute approximate surface area is 117 Å². The number of rotatable bonds is 7. The topological polar surface area (TPSA) is 70.1 Å². The average molecular weight is 280 g/mol. The lowest BCUT2D eigenvalue weighted by molar-refractivity contribution is 0.266. The highest BCUT2D eigenvalue weighted by atomic mass is 32.1. The van der Waals surface area contributed by atoms with Gasteiger partial charge in [-0.25, -0.2) is 4.98 Å². The molecule has 3 N–H and O–H groups in total. The summed E-state index contributed by atoms with van der Waals surface area (Å²) in [4.78, 5) is 9.96. The second-order valence-corrected chi connectivity index (χ2v) is 5.46. The van der Waals surface area contributed by atoms with Crippen molar-refractivity contribution in [2.75, 3.05) is 30.3 Å². The number of thiophene rings is 1. The zero-order valence-electron chi connectivity index (χ0n) is 11.3. The maximum atomic E-state index is 8.92. The summed E-state index contributed by atoms with van der Waals surface area (Å²) in [5, 5.41) is 18.5. The summed E-state index contributed by atoms with van der Waals surface area (Å²) in [6, 6.07) is 2.04. The summed E-state index contributed by atoms with van der Waals surface area (Å²) >= 11 is 1.61. The third kappa shape index (κ3) is 3.54. The van der Waals surface area contributed by atoms with Crippen LogP contribution in [0.5, 0.6) is 0 Å². The Morgan fingerprint density at radius 3 is 2.95 bits per heavy atom. The van der Waals surface area contributed by atoms with Gasteiger partial charge in [0.1, 0.15) is 10.6 Å². The van der Waals surface area contributed by atoms with E-state index < -0.39 is 0 Å². The molecule has 0 aliphatic carbocycles. The van der Waals surface area contributed by atoms with Gasteiger partial charge < -0.3 is 15.7 Å². The molecule has 0 aromatic carbocycles. The van der Waals surface area contributed by atoms with Crippen molar-refractivity contribution < 1.29 is 5.11 Å². The molecule has 1 atom stereocenters. The third-order valence-electron chi connectivity index (χ3n) is 2.90. The maximum absolute atomic E-state index is 8.92. The second kappa shape index (κ2) is 6.68. The lowest BCUT2D eigenvalue weighted by Crippen LogP contribution is -2.14. The van der Waals surface area contributed by atoms with Crippen LogP contribution < -0.4 is 10.6 Å². The molecule has 0 spiro atoms. The maximum Gasteiger partial charge on any atom is 0.226 e. The van der Waals surface area contributed by atoms with Crippen LogP contribution in [0.15, 0.2) is 11.4 Å². The van der Waals surface area contributed by atoms with Crippen molar-refractivity contribution in [3.63, 3.8) is 0 Å². The van der Waals surface area contributed by atoms with Crippen LogP contribution in [0.3, 0.4) is 0 Å². The number of nitrogens with one attached hydrogen (secondary N) is 2. The Kier molecular flexibility index (Phi) is 4.93. The summed E-state index contributed by atoms with van der Waals surface area (Å²) in [5.41, 5.74) is 0. The number of anilines is 2. The van der Waals surface area contributed by atoms with E-state index in [9.17, 15) is 0 Å². The normalized spacial score (nSPS) is 12.6. The second-order valence-electron chi connectivity index (χ2n) is 4.56. The molecule has 0 radical (unpaired) electrons. The number of hydrogen-bond acceptors (Lipinski definition) is 6. The molecule has 19 heavy (non-hydrogen) atoms. The van der Waals surface area contributed by atoms with Gasteiger partial charge in [0.25, 0.3) is 0 Å². The SMILES string of the molecule is CCNc1nc(NCC(C)CCO)c2ccsc2n1. The van der Waals surface area contributed by atoms with Crippen LogP contribution in [0.1, 0.15) is 20.3 Å². The summed E-state index contributed by atoms with van der Waals surface area (Å²) < 4.78 is 0. The van der Waals surface area contributed by atoms with Crippen LogP contribution in [0, 0.1) is 5.92 Å². The van der Waals surface area contributed by atoms with Gasteiger partial charge in [-0.3, -0.25) is 0 Å². The molecule has 0 saturated heterocycles. The average Bonchev–Trinajstić information content (AvgIpc) is 2.85. The van der Waals surface area contributed by atoms with Crippen molar-refractivity contribution in [1.82, 2.24) is 9.97 Å². The first-order chi connectivity index (χ1) is 9.24. The van der Waals surface area contributed by atoms with E-state index in [1.54, 1.807) is 11.3 Å². The van der Waals surface area contributed by atoms with E-state index in [0.717, 1.165) is 35.5 Å². The predicted octanol–water partition coefficient (Wildman–Crippen LogP) is 2.55. The number of hydrogen-bond donors (Lipinski definition) is 3. The van der Waals surface area contributed by atoms with Gasteiger partial charge in [-0.15, -0.1) is 11.3 Å². The Bertz CT molecular complexity index is 528. The molecular formula is C13H20N4OS. The van der Waals surface area contributed by atoms with Gasteiger partial charge in [0.05, 0.1) is 5.39 Å². The molecular weight excluding hydrogens is 260 g/mol. The first-order valence-corrected chi connectivity index (χ1v) is 7.46. The monoisotopic (exact) mass is 280 g/mol. The van der Waals surface area contributed by atoms with Gasteiger partial charge >= 0.3 is 0 Å². The van der Waals surface area contributed by atoms with Crippen LogP contribution in [0.25, 0.3) is 10.2 Å². The minimum Gasteiger partial charge on any atom is -0.396 e. The Morgan fingerprint density at radius 1 is 1.37 bits per heavy atom. The smallest absolute Gasteiger partial charge is 0.226 e. The molecule has 6 heteroatoms. The molecule has 2 rings (SSSR count). The molecule has 0 saturated carbocycles. The lowest BCUT2D eigenvalue weighted by Gasteiger charge is -2.13. The lowest BCUT2D eigenvalue weighted by atomic mass is 10.1. The zero-order valence-corrected chi connectivity index (χ0v) is 12.1. The molecule has 0 amide bonds. The standard InChI is InChI=1S/C13H20N4OS/c1-3-14-13-16-11(15-8-9(2)4-6-18)10-5-7-19-12(10)17-13/h5,7,9,18H,3-4,6,8H2,1-2H3,(H2,14,15,16,17). The van der Waals surface area contributed by atoms with Crippen molar-refractivity contribution in [3.05, 3.63) is 11.4 Å². The fraction of sp³-hybridized carbons (Fsp3) is 0.538. The first-order valence-electron chi connectivity index (χ1n) is 6.58. The van der Waals surface area contributed by atoms with Gasteiger partial charge in [0, 0.05) is 19.7 Å². The van der Waals surface area contributed by atoms with Crippen LogP contribution >= 0.6 is 11.3 Å². The fourth-order valence-corrected chi connectivity index (χ4v) is 2.58. The highest BCUT2D eigenvalue weighted by Crippen LogP contribution is 2.26. The van der Waals surface area contributed by atoms with Crippen molar-refractivity contribution in [3.8, 4) is 0 Å². The number of nitrogens with zero attached hydrogens (tertiary/aromatic N) is 2. The molecule has 104 valence electrons. The molecule has 5 nitrogen and oxygen atoms in total. The largest absolute Gasteiger partial charge is 0.396 e. The van der Waals surface area contributed by atoms with Gasteiger partial charge in [0.15, 0.2) is 0 Å². The van der Waals surface area contributed by atoms with Crippen LogP contribution in [0.2, 0.25) is 0 Å². The van der Waals surface area contributed by atoms with Crippen molar-refractivity contribution in [2.45, 2.75) is 20.3 Å². The first kappa shape index (κ1) is 14.0. The van der Waals surface area contributed by atoms with Gasteiger partial charge in [-0.05, 0) is 30.7 Å². The number of aromatic nitrogens is 2. The van der Waals surface area contributed by atoms with E-state index >= 15 is 0 Å². The summed E-state index contributed by atoms with van der Waals surface area (Å²) in [6.07, 6.45) is 0.797. The molecule has 2 aromatic heterocycles. The van der Waals surface area contributed by atoms with Crippen LogP contribution in [-0.2, 0) is 0 Å². The number of aliphatic hydroxyl groups excluding tert-OH is 1.